The first-order valence-corrected chi connectivity index (χ1v) is 10.8. The lowest BCUT2D eigenvalue weighted by Gasteiger charge is -2.12. The van der Waals surface area contributed by atoms with Crippen LogP contribution in [-0.2, 0) is 6.42 Å². The number of aryl methyl sites for hydroxylation is 2. The molecule has 4 aromatic heterocycles. The van der Waals surface area contributed by atoms with E-state index in [9.17, 15) is 4.79 Å². The average molecular weight is 415 g/mol. The number of aromatic nitrogens is 3. The number of H-pyrrole nitrogens is 1. The van der Waals surface area contributed by atoms with E-state index in [-0.39, 0.29) is 5.91 Å². The number of thiophene rings is 1. The van der Waals surface area contributed by atoms with E-state index >= 15 is 0 Å². The van der Waals surface area contributed by atoms with Gasteiger partial charge in [-0.15, -0.1) is 11.3 Å². The summed E-state index contributed by atoms with van der Waals surface area (Å²) in [6.07, 6.45) is 4.57. The van der Waals surface area contributed by atoms with Gasteiger partial charge in [-0.1, -0.05) is 18.2 Å². The van der Waals surface area contributed by atoms with Crippen LogP contribution in [0.2, 0.25) is 0 Å². The minimum atomic E-state index is -0.0552. The van der Waals surface area contributed by atoms with Gasteiger partial charge >= 0.3 is 0 Å². The lowest BCUT2D eigenvalue weighted by atomic mass is 10.1. The zero-order chi connectivity index (χ0) is 20.7. The number of aromatic amines is 1. The molecule has 1 aromatic carbocycles. The zero-order valence-electron chi connectivity index (χ0n) is 16.9. The summed E-state index contributed by atoms with van der Waals surface area (Å²) in [6, 6.07) is 16.3. The molecule has 0 aliphatic heterocycles. The van der Waals surface area contributed by atoms with Crippen LogP contribution >= 0.6 is 11.3 Å². The van der Waals surface area contributed by atoms with E-state index in [1.54, 1.807) is 6.20 Å². The number of benzene rings is 1. The molecule has 0 unspecified atom stereocenters. The highest BCUT2D eigenvalue weighted by Crippen LogP contribution is 2.34. The first kappa shape index (κ1) is 18.6. The molecular formula is C24H22N4OS. The fourth-order valence-corrected chi connectivity index (χ4v) is 5.09. The van der Waals surface area contributed by atoms with Crippen LogP contribution in [0.1, 0.15) is 26.6 Å². The summed E-state index contributed by atoms with van der Waals surface area (Å²) < 4.78 is 2.15. The quantitative estimate of drug-likeness (QED) is 0.417. The van der Waals surface area contributed by atoms with Crippen molar-refractivity contribution in [3.05, 3.63) is 82.8 Å². The van der Waals surface area contributed by atoms with Crippen LogP contribution in [0.25, 0.3) is 26.8 Å². The Labute approximate surface area is 178 Å². The fourth-order valence-electron chi connectivity index (χ4n) is 4.05. The molecule has 1 amide bonds. The van der Waals surface area contributed by atoms with Gasteiger partial charge in [0.1, 0.15) is 9.71 Å². The lowest BCUT2D eigenvalue weighted by molar-refractivity contribution is 0.0958. The second-order valence-electron chi connectivity index (χ2n) is 7.45. The molecule has 0 aliphatic carbocycles. The summed E-state index contributed by atoms with van der Waals surface area (Å²) in [5.41, 5.74) is 5.46. The molecule has 5 aromatic rings. The molecule has 150 valence electrons. The van der Waals surface area contributed by atoms with E-state index in [1.807, 2.05) is 30.5 Å². The topological polar surface area (TPSA) is 62.7 Å². The molecule has 0 bridgehead atoms. The smallest absolute Gasteiger partial charge is 0.263 e. The molecule has 4 heterocycles. The Bertz CT molecular complexity index is 1360. The van der Waals surface area contributed by atoms with Crippen molar-refractivity contribution in [2.45, 2.75) is 20.3 Å². The maximum Gasteiger partial charge on any atom is 0.263 e. The largest absolute Gasteiger partial charge is 0.361 e. The van der Waals surface area contributed by atoms with Crippen molar-refractivity contribution in [2.24, 2.45) is 0 Å². The SMILES string of the molecule is Cc1ccc(C)n1-c1c(C(=O)NCCc2c[nH]c3ccccc23)sc2ncccc12. The van der Waals surface area contributed by atoms with Crippen molar-refractivity contribution in [3.63, 3.8) is 0 Å². The molecule has 30 heavy (non-hydrogen) atoms. The molecule has 0 fully saturated rings. The highest BCUT2D eigenvalue weighted by atomic mass is 32.1. The molecule has 0 spiro atoms. The molecule has 2 N–H and O–H groups in total. The second kappa shape index (κ2) is 7.46. The van der Waals surface area contributed by atoms with Gasteiger partial charge in [-0.05, 0) is 56.2 Å². The standard InChI is InChI=1S/C24H22N4OS/c1-15-9-10-16(2)28(15)21-19-7-5-12-26-24(19)30-22(21)23(29)25-13-11-17-14-27-20-8-4-3-6-18(17)20/h3-10,12,14,27H,11,13H2,1-2H3,(H,25,29). The molecule has 5 nitrogen and oxygen atoms in total. The minimum absolute atomic E-state index is 0.0552. The van der Waals surface area contributed by atoms with Crippen molar-refractivity contribution < 1.29 is 4.79 Å². The number of amides is 1. The molecular weight excluding hydrogens is 392 g/mol. The van der Waals surface area contributed by atoms with Gasteiger partial charge in [0.15, 0.2) is 0 Å². The number of nitrogens with zero attached hydrogens (tertiary/aromatic N) is 2. The van der Waals surface area contributed by atoms with E-state index in [2.05, 4.69) is 58.0 Å². The van der Waals surface area contributed by atoms with E-state index < -0.39 is 0 Å². The third-order valence-corrected chi connectivity index (χ3v) is 6.60. The van der Waals surface area contributed by atoms with Crippen LogP contribution in [0.5, 0.6) is 0 Å². The number of hydrogen-bond acceptors (Lipinski definition) is 3. The normalized spacial score (nSPS) is 11.4. The number of rotatable bonds is 5. The molecule has 0 atom stereocenters. The van der Waals surface area contributed by atoms with Crippen LogP contribution < -0.4 is 5.32 Å². The molecule has 0 saturated heterocycles. The number of pyridine rings is 1. The summed E-state index contributed by atoms with van der Waals surface area (Å²) in [4.78, 5) is 22.6. The summed E-state index contributed by atoms with van der Waals surface area (Å²) in [5.74, 6) is -0.0552. The Morgan fingerprint density at radius 3 is 2.67 bits per heavy atom. The summed E-state index contributed by atoms with van der Waals surface area (Å²) in [5, 5.41) is 5.33. The number of carbonyl (C=O) groups is 1. The number of carbonyl (C=O) groups excluding carboxylic acids is 1. The second-order valence-corrected chi connectivity index (χ2v) is 8.45. The van der Waals surface area contributed by atoms with Crippen LogP contribution in [0, 0.1) is 13.8 Å². The first-order valence-electron chi connectivity index (χ1n) is 9.99. The van der Waals surface area contributed by atoms with Gasteiger partial charge in [0.25, 0.3) is 5.91 Å². The van der Waals surface area contributed by atoms with Crippen LogP contribution in [0.3, 0.4) is 0 Å². The van der Waals surface area contributed by atoms with Gasteiger partial charge in [0.2, 0.25) is 0 Å². The van der Waals surface area contributed by atoms with Crippen molar-refractivity contribution >= 4 is 38.4 Å². The number of hydrogen-bond donors (Lipinski definition) is 2. The third-order valence-electron chi connectivity index (χ3n) is 5.50. The maximum atomic E-state index is 13.2. The van der Waals surface area contributed by atoms with Gasteiger partial charge in [0.05, 0.1) is 5.69 Å². The maximum absolute atomic E-state index is 13.2. The predicted molar refractivity (Wildman–Crippen MR) is 123 cm³/mol. The molecule has 0 aliphatic rings. The Morgan fingerprint density at radius 2 is 1.83 bits per heavy atom. The number of para-hydroxylation sites is 1. The fraction of sp³-hybridized carbons (Fsp3) is 0.167. The van der Waals surface area contributed by atoms with Crippen molar-refractivity contribution in [3.8, 4) is 5.69 Å². The Hall–Kier alpha value is -3.38. The Balaban J connectivity index is 1.44. The van der Waals surface area contributed by atoms with Crippen LogP contribution in [0.15, 0.2) is 60.9 Å². The van der Waals surface area contributed by atoms with Gasteiger partial charge < -0.3 is 14.9 Å². The highest BCUT2D eigenvalue weighted by molar-refractivity contribution is 7.21. The van der Waals surface area contributed by atoms with Crippen LogP contribution in [-0.4, -0.2) is 27.0 Å². The molecule has 5 rings (SSSR count). The van der Waals surface area contributed by atoms with E-state index in [4.69, 9.17) is 0 Å². The van der Waals surface area contributed by atoms with Gasteiger partial charge in [0, 0.05) is 46.6 Å². The van der Waals surface area contributed by atoms with E-state index in [1.165, 1.54) is 22.3 Å². The first-order chi connectivity index (χ1) is 14.6. The number of nitrogens with one attached hydrogen (secondary N) is 2. The minimum Gasteiger partial charge on any atom is -0.361 e. The monoisotopic (exact) mass is 414 g/mol. The Morgan fingerprint density at radius 1 is 1.07 bits per heavy atom. The number of fused-ring (bicyclic) bond motifs is 2. The molecule has 6 heteroatoms. The van der Waals surface area contributed by atoms with E-state index in [0.717, 1.165) is 39.2 Å². The summed E-state index contributed by atoms with van der Waals surface area (Å²) in [7, 11) is 0. The van der Waals surface area contributed by atoms with Crippen molar-refractivity contribution in [2.75, 3.05) is 6.54 Å². The summed E-state index contributed by atoms with van der Waals surface area (Å²) >= 11 is 1.45. The highest BCUT2D eigenvalue weighted by Gasteiger charge is 2.22. The van der Waals surface area contributed by atoms with Gasteiger partial charge in [-0.3, -0.25) is 4.79 Å². The van der Waals surface area contributed by atoms with Crippen molar-refractivity contribution in [1.82, 2.24) is 19.9 Å². The Kier molecular flexibility index (Phi) is 4.64. The third kappa shape index (κ3) is 3.09. The summed E-state index contributed by atoms with van der Waals surface area (Å²) in [6.45, 7) is 4.70. The lowest BCUT2D eigenvalue weighted by Crippen LogP contribution is -2.26. The van der Waals surface area contributed by atoms with Gasteiger partial charge in [-0.25, -0.2) is 4.98 Å². The van der Waals surface area contributed by atoms with E-state index in [0.29, 0.717) is 11.4 Å². The van der Waals surface area contributed by atoms with Crippen LogP contribution in [0.4, 0.5) is 0 Å². The predicted octanol–water partition coefficient (Wildman–Crippen LogP) is 5.16. The molecule has 0 radical (unpaired) electrons. The van der Waals surface area contributed by atoms with Gasteiger partial charge in [-0.2, -0.15) is 0 Å². The van der Waals surface area contributed by atoms with Crippen molar-refractivity contribution in [1.29, 1.82) is 0 Å². The molecule has 0 saturated carbocycles. The zero-order valence-corrected chi connectivity index (χ0v) is 17.7. The average Bonchev–Trinajstić information content (AvgIpc) is 3.43.